The van der Waals surface area contributed by atoms with Crippen molar-refractivity contribution in [3.63, 3.8) is 0 Å². The summed E-state index contributed by atoms with van der Waals surface area (Å²) >= 11 is 0. The molecule has 2 nitrogen and oxygen atoms in total. The fraction of sp³-hybridized carbons (Fsp3) is 0.500. The molecule has 78 valence electrons. The van der Waals surface area contributed by atoms with Crippen LogP contribution in [0.3, 0.4) is 0 Å². The molecule has 0 aromatic heterocycles. The van der Waals surface area contributed by atoms with E-state index < -0.39 is 0 Å². The van der Waals surface area contributed by atoms with Gasteiger partial charge in [0.05, 0.1) is 12.6 Å². The normalized spacial score (nSPS) is 13.2. The zero-order chi connectivity index (χ0) is 10.6. The largest absolute Gasteiger partial charge is 0.394 e. The first kappa shape index (κ1) is 11.2. The minimum absolute atomic E-state index is 0.0520. The van der Waals surface area contributed by atoms with Gasteiger partial charge in [-0.15, -0.1) is 0 Å². The summed E-state index contributed by atoms with van der Waals surface area (Å²) in [6.07, 6.45) is 0. The monoisotopic (exact) mass is 193 g/mol. The van der Waals surface area contributed by atoms with Crippen LogP contribution in [-0.4, -0.2) is 18.8 Å². The van der Waals surface area contributed by atoms with Gasteiger partial charge in [0.15, 0.2) is 0 Å². The number of hydrogen-bond donors (Lipinski definition) is 2. The first-order valence-corrected chi connectivity index (χ1v) is 5.07. The Morgan fingerprint density at radius 3 is 2.00 bits per heavy atom. The van der Waals surface area contributed by atoms with Crippen LogP contribution in [0.5, 0.6) is 0 Å². The van der Waals surface area contributed by atoms with Gasteiger partial charge in [0, 0.05) is 0 Å². The van der Waals surface area contributed by atoms with E-state index in [0.717, 1.165) is 5.56 Å². The summed E-state index contributed by atoms with van der Waals surface area (Å²) in [5.41, 5.74) is 2.47. The number of rotatable bonds is 4. The van der Waals surface area contributed by atoms with Crippen LogP contribution in [0.2, 0.25) is 0 Å². The van der Waals surface area contributed by atoms with Crippen molar-refractivity contribution >= 4 is 0 Å². The second-order valence-electron chi connectivity index (χ2n) is 3.85. The molecule has 1 rings (SSSR count). The van der Waals surface area contributed by atoms with E-state index in [1.807, 2.05) is 7.05 Å². The molecular weight excluding hydrogens is 174 g/mol. The van der Waals surface area contributed by atoms with Crippen LogP contribution in [0.15, 0.2) is 24.3 Å². The topological polar surface area (TPSA) is 32.3 Å². The Morgan fingerprint density at radius 2 is 1.64 bits per heavy atom. The standard InChI is InChI=1S/C12H19NO/c1-9(2)10-4-6-11(7-5-10)12(8-14)13-3/h4-7,9,12-14H,8H2,1-3H3. The van der Waals surface area contributed by atoms with Gasteiger partial charge in [0.1, 0.15) is 0 Å². The molecule has 14 heavy (non-hydrogen) atoms. The predicted octanol–water partition coefficient (Wildman–Crippen LogP) is 2.06. The molecule has 0 saturated carbocycles. The van der Waals surface area contributed by atoms with Crippen LogP contribution in [0.25, 0.3) is 0 Å². The fourth-order valence-electron chi connectivity index (χ4n) is 1.48. The van der Waals surface area contributed by atoms with Crippen LogP contribution in [-0.2, 0) is 0 Å². The van der Waals surface area contributed by atoms with E-state index in [2.05, 4.69) is 43.4 Å². The molecule has 0 radical (unpaired) electrons. The Bertz CT molecular complexity index is 262. The highest BCUT2D eigenvalue weighted by Gasteiger charge is 2.07. The van der Waals surface area contributed by atoms with Crippen LogP contribution in [0.4, 0.5) is 0 Å². The third-order valence-electron chi connectivity index (χ3n) is 2.54. The first-order chi connectivity index (χ1) is 6.69. The van der Waals surface area contributed by atoms with Crippen LogP contribution >= 0.6 is 0 Å². The van der Waals surface area contributed by atoms with Crippen molar-refractivity contribution in [2.45, 2.75) is 25.8 Å². The molecule has 0 bridgehead atoms. The summed E-state index contributed by atoms with van der Waals surface area (Å²) in [5, 5.41) is 12.2. The van der Waals surface area contributed by atoms with Crippen molar-refractivity contribution in [1.29, 1.82) is 0 Å². The number of aliphatic hydroxyl groups excluding tert-OH is 1. The van der Waals surface area contributed by atoms with Gasteiger partial charge in [-0.3, -0.25) is 0 Å². The van der Waals surface area contributed by atoms with Crippen molar-refractivity contribution in [1.82, 2.24) is 5.32 Å². The van der Waals surface area contributed by atoms with E-state index in [-0.39, 0.29) is 12.6 Å². The molecule has 1 aromatic rings. The summed E-state index contributed by atoms with van der Waals surface area (Å²) in [7, 11) is 1.86. The number of hydrogen-bond acceptors (Lipinski definition) is 2. The van der Waals surface area contributed by atoms with Crippen LogP contribution < -0.4 is 5.32 Å². The van der Waals surface area contributed by atoms with Crippen molar-refractivity contribution < 1.29 is 5.11 Å². The third-order valence-corrected chi connectivity index (χ3v) is 2.54. The Labute approximate surface area is 86.0 Å². The van der Waals surface area contributed by atoms with Gasteiger partial charge in [-0.1, -0.05) is 38.1 Å². The van der Waals surface area contributed by atoms with Crippen molar-refractivity contribution in [2.24, 2.45) is 0 Å². The molecular formula is C12H19NO. The average molecular weight is 193 g/mol. The van der Waals surface area contributed by atoms with Gasteiger partial charge in [-0.05, 0) is 24.1 Å². The van der Waals surface area contributed by atoms with E-state index in [0.29, 0.717) is 5.92 Å². The molecule has 0 aliphatic heterocycles. The highest BCUT2D eigenvalue weighted by atomic mass is 16.3. The Hall–Kier alpha value is -0.860. The van der Waals surface area contributed by atoms with E-state index in [4.69, 9.17) is 5.11 Å². The lowest BCUT2D eigenvalue weighted by atomic mass is 9.99. The van der Waals surface area contributed by atoms with Gasteiger partial charge < -0.3 is 10.4 Å². The second-order valence-corrected chi connectivity index (χ2v) is 3.85. The zero-order valence-electron chi connectivity index (χ0n) is 9.12. The van der Waals surface area contributed by atoms with E-state index in [1.165, 1.54) is 5.56 Å². The summed E-state index contributed by atoms with van der Waals surface area (Å²) in [4.78, 5) is 0. The minimum Gasteiger partial charge on any atom is -0.394 e. The molecule has 0 saturated heterocycles. The van der Waals surface area contributed by atoms with Gasteiger partial charge in [0.25, 0.3) is 0 Å². The fourth-order valence-corrected chi connectivity index (χ4v) is 1.48. The molecule has 0 amide bonds. The lowest BCUT2D eigenvalue weighted by Gasteiger charge is -2.14. The SMILES string of the molecule is CNC(CO)c1ccc(C(C)C)cc1. The van der Waals surface area contributed by atoms with Gasteiger partial charge in [-0.25, -0.2) is 0 Å². The van der Waals surface area contributed by atoms with E-state index >= 15 is 0 Å². The first-order valence-electron chi connectivity index (χ1n) is 5.07. The number of nitrogens with one attached hydrogen (secondary N) is 1. The lowest BCUT2D eigenvalue weighted by molar-refractivity contribution is 0.251. The van der Waals surface area contributed by atoms with Crippen molar-refractivity contribution in [2.75, 3.05) is 13.7 Å². The Morgan fingerprint density at radius 1 is 1.14 bits per heavy atom. The molecule has 1 atom stereocenters. The van der Waals surface area contributed by atoms with E-state index in [9.17, 15) is 0 Å². The highest BCUT2D eigenvalue weighted by Crippen LogP contribution is 2.18. The predicted molar refractivity (Wildman–Crippen MR) is 59.4 cm³/mol. The summed E-state index contributed by atoms with van der Waals surface area (Å²) in [5.74, 6) is 0.561. The zero-order valence-corrected chi connectivity index (χ0v) is 9.12. The third kappa shape index (κ3) is 2.56. The van der Waals surface area contributed by atoms with Crippen LogP contribution in [0, 0.1) is 0 Å². The van der Waals surface area contributed by atoms with Crippen molar-refractivity contribution in [3.05, 3.63) is 35.4 Å². The lowest BCUT2D eigenvalue weighted by Crippen LogP contribution is -2.19. The Balaban J connectivity index is 2.81. The number of likely N-dealkylation sites (N-methyl/N-ethyl adjacent to an activating group) is 1. The highest BCUT2D eigenvalue weighted by molar-refractivity contribution is 5.26. The molecule has 2 heteroatoms. The van der Waals surface area contributed by atoms with Crippen LogP contribution in [0.1, 0.15) is 36.9 Å². The maximum atomic E-state index is 9.10. The summed E-state index contributed by atoms with van der Waals surface area (Å²) in [6, 6.07) is 8.45. The van der Waals surface area contributed by atoms with Gasteiger partial charge in [0.2, 0.25) is 0 Å². The average Bonchev–Trinajstić information content (AvgIpc) is 2.20. The maximum absolute atomic E-state index is 9.10. The number of benzene rings is 1. The minimum atomic E-state index is 0.0520. The Kier molecular flexibility index (Phi) is 4.11. The molecule has 2 N–H and O–H groups in total. The molecule has 0 aliphatic rings. The quantitative estimate of drug-likeness (QED) is 0.767. The maximum Gasteiger partial charge on any atom is 0.0626 e. The second kappa shape index (κ2) is 5.13. The molecule has 0 heterocycles. The molecule has 0 fully saturated rings. The summed E-state index contributed by atoms with van der Waals surface area (Å²) in [6.45, 7) is 4.49. The van der Waals surface area contributed by atoms with Crippen molar-refractivity contribution in [3.8, 4) is 0 Å². The molecule has 0 spiro atoms. The molecule has 0 aliphatic carbocycles. The molecule has 1 unspecified atom stereocenters. The van der Waals surface area contributed by atoms with E-state index in [1.54, 1.807) is 0 Å². The summed E-state index contributed by atoms with van der Waals surface area (Å²) < 4.78 is 0. The number of aliphatic hydroxyl groups is 1. The van der Waals surface area contributed by atoms with Gasteiger partial charge in [-0.2, -0.15) is 0 Å². The molecule has 1 aromatic carbocycles. The smallest absolute Gasteiger partial charge is 0.0626 e. The van der Waals surface area contributed by atoms with Gasteiger partial charge >= 0.3 is 0 Å².